The fourth-order valence-corrected chi connectivity index (χ4v) is 4.60. The number of aromatic nitrogens is 1. The summed E-state index contributed by atoms with van der Waals surface area (Å²) < 4.78 is 0. The molecule has 1 atom stereocenters. The zero-order chi connectivity index (χ0) is 20.8. The number of nitrogens with zero attached hydrogens (tertiary/aromatic N) is 2. The summed E-state index contributed by atoms with van der Waals surface area (Å²) >= 11 is 0. The molecular weight excluding hydrogens is 360 g/mol. The number of ketones is 1. The second-order valence-electron chi connectivity index (χ2n) is 9.31. The fraction of sp³-hybridized carbons (Fsp3) is 0.400. The number of anilines is 1. The molecule has 1 amide bonds. The van der Waals surface area contributed by atoms with Crippen LogP contribution in [0, 0.1) is 5.41 Å². The number of rotatable bonds is 3. The molecule has 0 saturated carbocycles. The first kappa shape index (κ1) is 19.6. The van der Waals surface area contributed by atoms with Crippen molar-refractivity contribution in [3.63, 3.8) is 0 Å². The molecule has 0 N–H and O–H groups in total. The molecule has 2 aromatic rings. The average molecular weight is 389 g/mol. The van der Waals surface area contributed by atoms with Crippen LogP contribution >= 0.6 is 0 Å². The van der Waals surface area contributed by atoms with E-state index in [0.29, 0.717) is 25.2 Å². The van der Waals surface area contributed by atoms with Gasteiger partial charge in [-0.1, -0.05) is 39.8 Å². The van der Waals surface area contributed by atoms with Crippen molar-refractivity contribution < 1.29 is 9.59 Å². The van der Waals surface area contributed by atoms with Crippen molar-refractivity contribution in [1.29, 1.82) is 0 Å². The zero-order valence-corrected chi connectivity index (χ0v) is 17.6. The lowest BCUT2D eigenvalue weighted by atomic mass is 9.69. The highest BCUT2D eigenvalue weighted by atomic mass is 16.2. The van der Waals surface area contributed by atoms with Gasteiger partial charge in [0.2, 0.25) is 5.91 Å². The number of Topliss-reactive ketones (excluding diaryl/α,β-unsaturated/α-hetero) is 1. The topological polar surface area (TPSA) is 50.3 Å². The summed E-state index contributed by atoms with van der Waals surface area (Å²) in [5.41, 5.74) is 4.60. The lowest BCUT2D eigenvalue weighted by Crippen LogP contribution is -2.43. The molecule has 1 unspecified atom stereocenters. The van der Waals surface area contributed by atoms with Gasteiger partial charge in [0.25, 0.3) is 0 Å². The SMILES string of the molecule is CC(C)c1ccc(N2C(=O)CC(c3ccncc3)C3=C2CC(C)(C)CC3=O)cc1. The molecule has 0 saturated heterocycles. The number of hydrogen-bond acceptors (Lipinski definition) is 3. The first-order valence-corrected chi connectivity index (χ1v) is 10.4. The molecular formula is C25H28N2O2. The molecule has 2 aliphatic rings. The second kappa shape index (κ2) is 7.25. The van der Waals surface area contributed by atoms with E-state index in [1.165, 1.54) is 5.56 Å². The molecule has 0 fully saturated rings. The maximum atomic E-state index is 13.3. The number of allylic oxidation sites excluding steroid dienone is 2. The number of hydrogen-bond donors (Lipinski definition) is 0. The van der Waals surface area contributed by atoms with Crippen molar-refractivity contribution in [3.8, 4) is 0 Å². The van der Waals surface area contributed by atoms with Crippen molar-refractivity contribution >= 4 is 17.4 Å². The number of carbonyl (C=O) groups is 2. The largest absolute Gasteiger partial charge is 0.294 e. The normalized spacial score (nSPS) is 21.6. The summed E-state index contributed by atoms with van der Waals surface area (Å²) in [6, 6.07) is 12.0. The van der Waals surface area contributed by atoms with Crippen molar-refractivity contribution in [2.75, 3.05) is 4.90 Å². The van der Waals surface area contributed by atoms with E-state index < -0.39 is 0 Å². The summed E-state index contributed by atoms with van der Waals surface area (Å²) in [7, 11) is 0. The Labute approximate surface area is 172 Å². The molecule has 1 aromatic heterocycles. The minimum Gasteiger partial charge on any atom is -0.294 e. The van der Waals surface area contributed by atoms with Crippen LogP contribution in [0.25, 0.3) is 0 Å². The van der Waals surface area contributed by atoms with Crippen LogP contribution in [0.2, 0.25) is 0 Å². The molecule has 0 radical (unpaired) electrons. The predicted molar refractivity (Wildman–Crippen MR) is 115 cm³/mol. The van der Waals surface area contributed by atoms with Crippen LogP contribution in [0.5, 0.6) is 0 Å². The van der Waals surface area contributed by atoms with Gasteiger partial charge in [0, 0.05) is 48.1 Å². The summed E-state index contributed by atoms with van der Waals surface area (Å²) in [4.78, 5) is 32.5. The van der Waals surface area contributed by atoms with Gasteiger partial charge in [-0.15, -0.1) is 0 Å². The average Bonchev–Trinajstić information content (AvgIpc) is 2.67. The standard InChI is InChI=1S/C25H28N2O2/c1-16(2)17-5-7-19(8-6-17)27-21-14-25(3,4)15-22(28)24(21)20(13-23(27)29)18-9-11-26-12-10-18/h5-12,16,20H,13-15H2,1-4H3. The highest BCUT2D eigenvalue weighted by Gasteiger charge is 2.44. The van der Waals surface area contributed by atoms with E-state index in [-0.39, 0.29) is 23.0 Å². The van der Waals surface area contributed by atoms with E-state index >= 15 is 0 Å². The predicted octanol–water partition coefficient (Wildman–Crippen LogP) is 5.37. The van der Waals surface area contributed by atoms with Crippen LogP contribution in [-0.4, -0.2) is 16.7 Å². The minimum atomic E-state index is -0.185. The van der Waals surface area contributed by atoms with Gasteiger partial charge in [-0.2, -0.15) is 0 Å². The van der Waals surface area contributed by atoms with Crippen molar-refractivity contribution in [2.45, 2.75) is 58.8 Å². The third-order valence-corrected chi connectivity index (χ3v) is 6.07. The number of benzene rings is 1. The van der Waals surface area contributed by atoms with Crippen LogP contribution in [0.1, 0.15) is 69.9 Å². The maximum Gasteiger partial charge on any atom is 0.232 e. The summed E-state index contributed by atoms with van der Waals surface area (Å²) in [6.07, 6.45) is 5.00. The number of pyridine rings is 1. The van der Waals surface area contributed by atoms with Gasteiger partial charge < -0.3 is 0 Å². The molecule has 1 aliphatic carbocycles. The monoisotopic (exact) mass is 388 g/mol. The highest BCUT2D eigenvalue weighted by molar-refractivity contribution is 6.07. The van der Waals surface area contributed by atoms with E-state index in [1.807, 2.05) is 24.3 Å². The van der Waals surface area contributed by atoms with Gasteiger partial charge in [0.15, 0.2) is 5.78 Å². The van der Waals surface area contributed by atoms with Gasteiger partial charge in [-0.05, 0) is 53.1 Å². The highest BCUT2D eigenvalue weighted by Crippen LogP contribution is 2.48. The lowest BCUT2D eigenvalue weighted by Gasteiger charge is -2.43. The smallest absolute Gasteiger partial charge is 0.232 e. The van der Waals surface area contributed by atoms with Gasteiger partial charge in [-0.25, -0.2) is 0 Å². The Balaban J connectivity index is 1.85. The van der Waals surface area contributed by atoms with Crippen molar-refractivity contribution in [2.24, 2.45) is 5.41 Å². The molecule has 4 heteroatoms. The van der Waals surface area contributed by atoms with Gasteiger partial charge in [0.05, 0.1) is 0 Å². The van der Waals surface area contributed by atoms with E-state index in [0.717, 1.165) is 22.5 Å². The van der Waals surface area contributed by atoms with E-state index in [4.69, 9.17) is 0 Å². The molecule has 29 heavy (non-hydrogen) atoms. The molecule has 2 heterocycles. The van der Waals surface area contributed by atoms with Crippen molar-refractivity contribution in [3.05, 3.63) is 71.2 Å². The Kier molecular flexibility index (Phi) is 4.89. The molecule has 4 nitrogen and oxygen atoms in total. The van der Waals surface area contributed by atoms with Crippen LogP contribution in [-0.2, 0) is 9.59 Å². The van der Waals surface area contributed by atoms with Crippen LogP contribution in [0.15, 0.2) is 60.1 Å². The summed E-state index contributed by atoms with van der Waals surface area (Å²) in [5, 5.41) is 0. The van der Waals surface area contributed by atoms with E-state index in [1.54, 1.807) is 17.3 Å². The second-order valence-corrected chi connectivity index (χ2v) is 9.31. The van der Waals surface area contributed by atoms with Crippen LogP contribution in [0.3, 0.4) is 0 Å². The Morgan fingerprint density at radius 1 is 1.00 bits per heavy atom. The molecule has 150 valence electrons. The molecule has 1 aromatic carbocycles. The Morgan fingerprint density at radius 3 is 2.28 bits per heavy atom. The maximum absolute atomic E-state index is 13.3. The first-order valence-electron chi connectivity index (χ1n) is 10.4. The van der Waals surface area contributed by atoms with Gasteiger partial charge >= 0.3 is 0 Å². The minimum absolute atomic E-state index is 0.0494. The number of carbonyl (C=O) groups excluding carboxylic acids is 2. The zero-order valence-electron chi connectivity index (χ0n) is 17.6. The first-order chi connectivity index (χ1) is 13.8. The van der Waals surface area contributed by atoms with Gasteiger partial charge in [0.1, 0.15) is 0 Å². The van der Waals surface area contributed by atoms with Crippen molar-refractivity contribution in [1.82, 2.24) is 4.98 Å². The molecule has 0 spiro atoms. The summed E-state index contributed by atoms with van der Waals surface area (Å²) in [5.74, 6) is 0.458. The van der Waals surface area contributed by atoms with E-state index in [2.05, 4.69) is 44.8 Å². The molecule has 1 aliphatic heterocycles. The lowest BCUT2D eigenvalue weighted by molar-refractivity contribution is -0.121. The Hall–Kier alpha value is -2.75. The molecule has 4 rings (SSSR count). The van der Waals surface area contributed by atoms with E-state index in [9.17, 15) is 9.59 Å². The fourth-order valence-electron chi connectivity index (χ4n) is 4.60. The number of amides is 1. The summed E-state index contributed by atoms with van der Waals surface area (Å²) in [6.45, 7) is 8.52. The molecule has 0 bridgehead atoms. The Bertz CT molecular complexity index is 972. The quantitative estimate of drug-likeness (QED) is 0.710. The third kappa shape index (κ3) is 3.64. The van der Waals surface area contributed by atoms with Gasteiger partial charge in [-0.3, -0.25) is 19.5 Å². The Morgan fingerprint density at radius 2 is 1.66 bits per heavy atom. The third-order valence-electron chi connectivity index (χ3n) is 6.07. The van der Waals surface area contributed by atoms with Crippen LogP contribution in [0.4, 0.5) is 5.69 Å². The van der Waals surface area contributed by atoms with Crippen LogP contribution < -0.4 is 4.90 Å².